The van der Waals surface area contributed by atoms with Crippen LogP contribution in [0, 0.1) is 23.3 Å². The maximum absolute atomic E-state index is 14.5. The van der Waals surface area contributed by atoms with E-state index in [1.165, 1.54) is 0 Å². The van der Waals surface area contributed by atoms with Crippen molar-refractivity contribution >= 4 is 0 Å². The van der Waals surface area contributed by atoms with Gasteiger partial charge in [-0.1, -0.05) is 0 Å². The predicted octanol–water partition coefficient (Wildman–Crippen LogP) is 5.98. The topological polar surface area (TPSA) is 0 Å². The number of benzene rings is 1. The molecule has 1 atom stereocenters. The van der Waals surface area contributed by atoms with Crippen LogP contribution in [0.4, 0.5) is 70.2 Å². The van der Waals surface area contributed by atoms with Crippen molar-refractivity contribution in [2.24, 2.45) is 0 Å². The van der Waals surface area contributed by atoms with E-state index in [1.54, 1.807) is 0 Å². The molecule has 0 heterocycles. The summed E-state index contributed by atoms with van der Waals surface area (Å²) in [6.45, 7) is 0. The molecule has 2 rings (SSSR count). The van der Waals surface area contributed by atoms with Crippen LogP contribution < -0.4 is 0 Å². The lowest BCUT2D eigenvalue weighted by Crippen LogP contribution is -2.73. The first-order valence-electron chi connectivity index (χ1n) is 6.27. The minimum atomic E-state index is -7.81. The Bertz CT molecular complexity index is 833. The summed E-state index contributed by atoms with van der Waals surface area (Å²) in [6.07, 6.45) is -7.58. The molecule has 0 saturated heterocycles. The number of hydrogen-bond donors (Lipinski definition) is 0. The first kappa shape index (κ1) is 22.4. The van der Waals surface area contributed by atoms with E-state index >= 15 is 0 Å². The highest BCUT2D eigenvalue weighted by molar-refractivity contribution is 5.48. The third-order valence-electron chi connectivity index (χ3n) is 3.94. The molecule has 0 amide bonds. The normalized spacial score (nSPS) is 26.1. The van der Waals surface area contributed by atoms with Gasteiger partial charge in [-0.25, -0.2) is 22.0 Å². The van der Waals surface area contributed by atoms with Crippen LogP contribution in [0.15, 0.2) is 0 Å². The van der Waals surface area contributed by atoms with E-state index in [-0.39, 0.29) is 0 Å². The van der Waals surface area contributed by atoms with Crippen LogP contribution in [0.3, 0.4) is 0 Å². The fourth-order valence-corrected chi connectivity index (χ4v) is 2.53. The Labute approximate surface area is 141 Å². The van der Waals surface area contributed by atoms with Gasteiger partial charge >= 0.3 is 29.9 Å². The van der Waals surface area contributed by atoms with Gasteiger partial charge in [0.25, 0.3) is 5.67 Å². The summed E-state index contributed by atoms with van der Waals surface area (Å²) in [5.74, 6) is -44.9. The molecule has 28 heavy (non-hydrogen) atoms. The quantitative estimate of drug-likeness (QED) is 0.282. The molecule has 0 saturated carbocycles. The largest absolute Gasteiger partial charge is 0.457 e. The molecule has 1 aliphatic rings. The van der Waals surface area contributed by atoms with Crippen LogP contribution >= 0.6 is 0 Å². The molecule has 0 radical (unpaired) electrons. The van der Waals surface area contributed by atoms with Crippen molar-refractivity contribution in [2.45, 2.75) is 35.5 Å². The lowest BCUT2D eigenvalue weighted by molar-refractivity contribution is -0.427. The van der Waals surface area contributed by atoms with Crippen molar-refractivity contribution in [3.63, 3.8) is 0 Å². The molecule has 16 heteroatoms. The van der Waals surface area contributed by atoms with Gasteiger partial charge in [-0.3, -0.25) is 0 Å². The molecule has 0 aliphatic heterocycles. The van der Waals surface area contributed by atoms with Gasteiger partial charge in [0.1, 0.15) is 0 Å². The number of halogens is 16. The standard InChI is InChI=1S/C12F16/c13-3-1-2(4(14)6(16)5(3)15)8(18,19)11(24,25)9(20,21)7(1,17)10(22,23)12(26,27)28. The van der Waals surface area contributed by atoms with Gasteiger partial charge in [0.05, 0.1) is 11.1 Å². The van der Waals surface area contributed by atoms with Crippen LogP contribution in [0.2, 0.25) is 0 Å². The van der Waals surface area contributed by atoms with Crippen molar-refractivity contribution in [3.8, 4) is 0 Å². The third-order valence-corrected chi connectivity index (χ3v) is 3.94. The molecule has 0 fully saturated rings. The SMILES string of the molecule is Fc1c(F)c(F)c2c(c1F)C(F)(F)C(F)(F)C(F)(F)C2(F)C(F)(F)C(F)(F)F. The molecule has 160 valence electrons. The predicted molar refractivity (Wildman–Crippen MR) is 53.8 cm³/mol. The van der Waals surface area contributed by atoms with E-state index in [4.69, 9.17) is 0 Å². The summed E-state index contributed by atoms with van der Waals surface area (Å²) >= 11 is 0. The summed E-state index contributed by atoms with van der Waals surface area (Å²) < 4.78 is 214. The first-order valence-corrected chi connectivity index (χ1v) is 6.27. The van der Waals surface area contributed by atoms with E-state index < -0.39 is 69.9 Å². The van der Waals surface area contributed by atoms with Gasteiger partial charge in [-0.05, 0) is 0 Å². The maximum atomic E-state index is 14.5. The van der Waals surface area contributed by atoms with Crippen LogP contribution in [-0.4, -0.2) is 23.9 Å². The summed E-state index contributed by atoms with van der Waals surface area (Å²) in [4.78, 5) is 0. The van der Waals surface area contributed by atoms with Gasteiger partial charge < -0.3 is 0 Å². The van der Waals surface area contributed by atoms with Gasteiger partial charge in [-0.2, -0.15) is 48.3 Å². The van der Waals surface area contributed by atoms with E-state index in [1.807, 2.05) is 0 Å². The highest BCUT2D eigenvalue weighted by atomic mass is 19.4. The number of fused-ring (bicyclic) bond motifs is 1. The lowest BCUT2D eigenvalue weighted by Gasteiger charge is -2.48. The Kier molecular flexibility index (Phi) is 4.29. The van der Waals surface area contributed by atoms with E-state index in [0.717, 1.165) is 0 Å². The summed E-state index contributed by atoms with van der Waals surface area (Å²) in [7, 11) is 0. The average molecular weight is 448 g/mol. The van der Waals surface area contributed by atoms with Crippen molar-refractivity contribution < 1.29 is 70.2 Å². The molecule has 0 N–H and O–H groups in total. The summed E-state index contributed by atoms with van der Waals surface area (Å²) in [6, 6.07) is 0. The average Bonchev–Trinajstić information content (AvgIpc) is 2.52. The van der Waals surface area contributed by atoms with Gasteiger partial charge in [0, 0.05) is 0 Å². The molecule has 1 aromatic carbocycles. The smallest absolute Gasteiger partial charge is 0.224 e. The van der Waals surface area contributed by atoms with Crippen LogP contribution in [-0.2, 0) is 11.6 Å². The molecule has 1 aromatic rings. The van der Waals surface area contributed by atoms with Crippen molar-refractivity contribution in [1.82, 2.24) is 0 Å². The first-order chi connectivity index (χ1) is 12.1. The number of hydrogen-bond acceptors (Lipinski definition) is 0. The Balaban J connectivity index is 3.27. The Morgan fingerprint density at radius 2 is 0.857 bits per heavy atom. The minimum absolute atomic E-state index is 3.48. The molecular weight excluding hydrogens is 448 g/mol. The van der Waals surface area contributed by atoms with E-state index in [2.05, 4.69) is 0 Å². The number of rotatable bonds is 1. The molecule has 0 bridgehead atoms. The van der Waals surface area contributed by atoms with Gasteiger partial charge in [0.15, 0.2) is 23.3 Å². The second kappa shape index (κ2) is 5.37. The van der Waals surface area contributed by atoms with Crippen molar-refractivity contribution in [3.05, 3.63) is 34.4 Å². The van der Waals surface area contributed by atoms with E-state index in [9.17, 15) is 70.2 Å². The highest BCUT2D eigenvalue weighted by Gasteiger charge is 2.94. The van der Waals surface area contributed by atoms with Crippen LogP contribution in [0.1, 0.15) is 11.1 Å². The number of alkyl halides is 12. The molecule has 0 nitrogen and oxygen atoms in total. The zero-order chi connectivity index (χ0) is 22.5. The summed E-state index contributed by atoms with van der Waals surface area (Å²) in [5.41, 5.74) is -15.6. The third kappa shape index (κ3) is 2.06. The Hall–Kier alpha value is -1.90. The monoisotopic (exact) mass is 448 g/mol. The fourth-order valence-electron chi connectivity index (χ4n) is 2.53. The molecule has 0 spiro atoms. The second-order valence-corrected chi connectivity index (χ2v) is 5.46. The highest BCUT2D eigenvalue weighted by Crippen LogP contribution is 2.70. The van der Waals surface area contributed by atoms with E-state index in [0.29, 0.717) is 0 Å². The van der Waals surface area contributed by atoms with Crippen LogP contribution in [0.25, 0.3) is 0 Å². The lowest BCUT2D eigenvalue weighted by atomic mass is 9.69. The zero-order valence-electron chi connectivity index (χ0n) is 12.0. The minimum Gasteiger partial charge on any atom is -0.224 e. The second-order valence-electron chi connectivity index (χ2n) is 5.46. The molecule has 1 aliphatic carbocycles. The van der Waals surface area contributed by atoms with Crippen molar-refractivity contribution in [2.75, 3.05) is 0 Å². The maximum Gasteiger partial charge on any atom is 0.457 e. The Morgan fingerprint density at radius 3 is 1.21 bits per heavy atom. The summed E-state index contributed by atoms with van der Waals surface area (Å²) in [5, 5.41) is 0. The molecule has 0 aromatic heterocycles. The molecular formula is C12F16. The zero-order valence-corrected chi connectivity index (χ0v) is 12.0. The molecule has 1 unspecified atom stereocenters. The van der Waals surface area contributed by atoms with Gasteiger partial charge in [0.2, 0.25) is 0 Å². The van der Waals surface area contributed by atoms with Gasteiger partial charge in [-0.15, -0.1) is 0 Å². The fraction of sp³-hybridized carbons (Fsp3) is 0.500. The van der Waals surface area contributed by atoms with Crippen molar-refractivity contribution in [1.29, 1.82) is 0 Å². The van der Waals surface area contributed by atoms with Crippen LogP contribution in [0.5, 0.6) is 0 Å². The Morgan fingerprint density at radius 1 is 0.500 bits per heavy atom.